The van der Waals surface area contributed by atoms with Crippen molar-refractivity contribution in [3.8, 4) is 0 Å². The van der Waals surface area contributed by atoms with E-state index in [-0.39, 0.29) is 32.7 Å². The minimum absolute atomic E-state index is 0. The Morgan fingerprint density at radius 2 is 1.89 bits per heavy atom. The van der Waals surface area contributed by atoms with Gasteiger partial charge in [-0.2, -0.15) is 9.36 Å². The summed E-state index contributed by atoms with van der Waals surface area (Å²) in [5, 5.41) is 8.55. The SMILES string of the molecule is Cc1ccc(N=C2[C-]=Nn3c2n[n+](C)c3C)cc1.[Y]. The summed E-state index contributed by atoms with van der Waals surface area (Å²) in [6.07, 6.45) is 2.90. The Morgan fingerprint density at radius 3 is 2.58 bits per heavy atom. The van der Waals surface area contributed by atoms with Gasteiger partial charge < -0.3 is 0 Å². The smallest absolute Gasteiger partial charge is 0.281 e. The summed E-state index contributed by atoms with van der Waals surface area (Å²) in [4.78, 5) is 4.51. The normalized spacial score (nSPS) is 14.6. The monoisotopic (exact) mass is 328 g/mol. The largest absolute Gasteiger partial charge is 0.281 e. The summed E-state index contributed by atoms with van der Waals surface area (Å²) < 4.78 is 3.53. The number of aryl methyl sites for hydroxylation is 2. The van der Waals surface area contributed by atoms with E-state index in [2.05, 4.69) is 28.3 Å². The van der Waals surface area contributed by atoms with Gasteiger partial charge in [-0.05, 0) is 24.8 Å². The van der Waals surface area contributed by atoms with Crippen LogP contribution in [0.2, 0.25) is 0 Å². The third kappa shape index (κ3) is 2.58. The van der Waals surface area contributed by atoms with Crippen LogP contribution in [0, 0.1) is 13.8 Å². The Bertz CT molecular complexity index is 667. The Morgan fingerprint density at radius 1 is 1.21 bits per heavy atom. The Kier molecular flexibility index (Phi) is 4.06. The first kappa shape index (κ1) is 14.2. The summed E-state index contributed by atoms with van der Waals surface area (Å²) in [6, 6.07) is 8.01. The molecule has 0 saturated carbocycles. The molecular formula is C13H13N5Y. The predicted molar refractivity (Wildman–Crippen MR) is 68.3 cm³/mol. The maximum atomic E-state index is 4.51. The minimum atomic E-state index is 0. The molecule has 0 atom stereocenters. The van der Waals surface area contributed by atoms with Crippen molar-refractivity contribution in [1.82, 2.24) is 9.77 Å². The first-order valence-electron chi connectivity index (χ1n) is 5.73. The molecule has 0 aliphatic carbocycles. The van der Waals surface area contributed by atoms with E-state index in [9.17, 15) is 0 Å². The molecule has 6 heteroatoms. The molecule has 1 aromatic heterocycles. The third-order valence-electron chi connectivity index (χ3n) is 2.96. The van der Waals surface area contributed by atoms with Gasteiger partial charge in [-0.15, -0.1) is 5.10 Å². The van der Waals surface area contributed by atoms with Gasteiger partial charge in [0, 0.05) is 39.6 Å². The number of fused-ring (bicyclic) bond motifs is 1. The number of hydrogen-bond donors (Lipinski definition) is 0. The summed E-state index contributed by atoms with van der Waals surface area (Å²) in [6.45, 7) is 4.01. The topological polar surface area (TPSA) is 46.4 Å². The molecule has 1 radical (unpaired) electrons. The van der Waals surface area contributed by atoms with Crippen LogP contribution >= 0.6 is 0 Å². The fourth-order valence-electron chi connectivity index (χ4n) is 1.79. The molecule has 3 rings (SSSR count). The summed E-state index contributed by atoms with van der Waals surface area (Å²) >= 11 is 0. The maximum Gasteiger partial charge on any atom is 0.281 e. The van der Waals surface area contributed by atoms with Crippen molar-refractivity contribution < 1.29 is 37.4 Å². The van der Waals surface area contributed by atoms with Gasteiger partial charge in [0.15, 0.2) is 5.82 Å². The van der Waals surface area contributed by atoms with Crippen molar-refractivity contribution in [3.05, 3.63) is 41.5 Å². The zero-order valence-corrected chi connectivity index (χ0v) is 14.0. The summed E-state index contributed by atoms with van der Waals surface area (Å²) in [7, 11) is 1.89. The van der Waals surface area contributed by atoms with Crippen molar-refractivity contribution >= 4 is 17.6 Å². The number of aromatic nitrogens is 3. The molecule has 0 bridgehead atoms. The zero-order valence-electron chi connectivity index (χ0n) is 11.1. The average molecular weight is 328 g/mol. The van der Waals surface area contributed by atoms with Gasteiger partial charge in [0.25, 0.3) is 5.82 Å². The molecule has 5 nitrogen and oxygen atoms in total. The van der Waals surface area contributed by atoms with Crippen LogP contribution in [0.1, 0.15) is 17.2 Å². The summed E-state index contributed by atoms with van der Waals surface area (Å²) in [5.74, 6) is 1.68. The molecule has 1 aliphatic rings. The molecule has 1 aromatic carbocycles. The third-order valence-corrected chi connectivity index (χ3v) is 2.96. The van der Waals surface area contributed by atoms with E-state index < -0.39 is 0 Å². The van der Waals surface area contributed by atoms with Crippen LogP contribution in [0.5, 0.6) is 0 Å². The number of nitrogens with zero attached hydrogens (tertiary/aromatic N) is 5. The van der Waals surface area contributed by atoms with Crippen molar-refractivity contribution in [3.63, 3.8) is 0 Å². The molecule has 1 aliphatic heterocycles. The van der Waals surface area contributed by atoms with Gasteiger partial charge in [-0.25, -0.2) is 5.10 Å². The van der Waals surface area contributed by atoms with Crippen LogP contribution in [-0.4, -0.2) is 21.7 Å². The van der Waals surface area contributed by atoms with Gasteiger partial charge in [-0.3, -0.25) is 4.99 Å². The van der Waals surface area contributed by atoms with Crippen molar-refractivity contribution in [2.24, 2.45) is 17.1 Å². The van der Waals surface area contributed by atoms with E-state index in [1.807, 2.05) is 38.2 Å². The maximum absolute atomic E-state index is 4.51. The van der Waals surface area contributed by atoms with Crippen LogP contribution in [-0.2, 0) is 39.8 Å². The van der Waals surface area contributed by atoms with Crippen molar-refractivity contribution in [2.45, 2.75) is 13.8 Å². The van der Waals surface area contributed by atoms with Crippen LogP contribution in [0.3, 0.4) is 0 Å². The number of hydrogen-bond acceptors (Lipinski definition) is 3. The number of aliphatic imine (C=N–C) groups is 1. The molecule has 19 heavy (non-hydrogen) atoms. The second kappa shape index (κ2) is 5.43. The summed E-state index contributed by atoms with van der Waals surface area (Å²) in [5.41, 5.74) is 2.77. The first-order chi connectivity index (χ1) is 8.65. The first-order valence-corrected chi connectivity index (χ1v) is 5.73. The van der Waals surface area contributed by atoms with Crippen molar-refractivity contribution in [1.29, 1.82) is 0 Å². The molecule has 0 fully saturated rings. The van der Waals surface area contributed by atoms with E-state index in [1.54, 1.807) is 9.36 Å². The van der Waals surface area contributed by atoms with Gasteiger partial charge in [-0.1, -0.05) is 23.9 Å². The van der Waals surface area contributed by atoms with Crippen molar-refractivity contribution in [2.75, 3.05) is 0 Å². The van der Waals surface area contributed by atoms with E-state index in [4.69, 9.17) is 0 Å². The molecule has 2 heterocycles. The molecule has 0 unspecified atom stereocenters. The van der Waals surface area contributed by atoms with E-state index in [1.165, 1.54) is 5.56 Å². The van der Waals surface area contributed by atoms with E-state index in [0.717, 1.165) is 17.3 Å². The second-order valence-corrected chi connectivity index (χ2v) is 4.31. The minimum Gasteiger partial charge on any atom is -0.281 e. The number of benzene rings is 1. The molecule has 0 spiro atoms. The fourth-order valence-corrected chi connectivity index (χ4v) is 1.79. The Balaban J connectivity index is 0.00000133. The van der Waals surface area contributed by atoms with Crippen LogP contribution < -0.4 is 4.68 Å². The number of rotatable bonds is 1. The van der Waals surface area contributed by atoms with Crippen LogP contribution in [0.4, 0.5) is 5.69 Å². The Labute approximate surface area is 136 Å². The molecule has 0 amide bonds. The van der Waals surface area contributed by atoms with Gasteiger partial charge >= 0.3 is 0 Å². The van der Waals surface area contributed by atoms with Gasteiger partial charge in [0.05, 0.1) is 5.69 Å². The Hall–Kier alpha value is -1.20. The van der Waals surface area contributed by atoms with E-state index >= 15 is 0 Å². The predicted octanol–water partition coefficient (Wildman–Crippen LogP) is 1.17. The standard InChI is InChI=1S/C13H13N5.Y/c1-9-4-6-11(7-5-9)15-12-8-14-18-10(2)17(3)16-13(12)18;/h4-7H,1-3H3;. The molecular weight excluding hydrogens is 315 g/mol. The van der Waals surface area contributed by atoms with Crippen LogP contribution in [0.15, 0.2) is 34.4 Å². The van der Waals surface area contributed by atoms with Crippen LogP contribution in [0.25, 0.3) is 0 Å². The second-order valence-electron chi connectivity index (χ2n) is 4.31. The molecule has 93 valence electrons. The molecule has 2 aromatic rings. The van der Waals surface area contributed by atoms with E-state index in [0.29, 0.717) is 5.71 Å². The van der Waals surface area contributed by atoms with Gasteiger partial charge in [0.1, 0.15) is 7.05 Å². The average Bonchev–Trinajstić information content (AvgIpc) is 2.86. The molecule has 0 N–H and O–H groups in total. The van der Waals surface area contributed by atoms with Gasteiger partial charge in [0.2, 0.25) is 0 Å². The molecule has 0 saturated heterocycles. The quantitative estimate of drug-likeness (QED) is 0.573. The zero-order chi connectivity index (χ0) is 12.7. The fraction of sp³-hybridized carbons (Fsp3) is 0.231.